The summed E-state index contributed by atoms with van der Waals surface area (Å²) in [6, 6.07) is 9.08. The summed E-state index contributed by atoms with van der Waals surface area (Å²) in [7, 11) is 0. The molecular weight excluding hydrogens is 316 g/mol. The van der Waals surface area contributed by atoms with Gasteiger partial charge in [0.25, 0.3) is 0 Å². The van der Waals surface area contributed by atoms with Crippen LogP contribution in [0.3, 0.4) is 0 Å². The average Bonchev–Trinajstić information content (AvgIpc) is 2.48. The Bertz CT molecular complexity index is 405. The summed E-state index contributed by atoms with van der Waals surface area (Å²) in [5.41, 5.74) is 1.37. The Morgan fingerprint density at radius 2 is 2.05 bits per heavy atom. The molecule has 1 saturated heterocycles. The normalized spacial score (nSPS) is 19.1. The van der Waals surface area contributed by atoms with Crippen molar-refractivity contribution in [1.29, 1.82) is 0 Å². The molecule has 112 valence electrons. The smallest absolute Gasteiger partial charge is 0.0468 e. The summed E-state index contributed by atoms with van der Waals surface area (Å²) in [6.45, 7) is 6.59. The Balaban J connectivity index is 1.73. The highest BCUT2D eigenvalue weighted by atomic mass is 79.9. The lowest BCUT2D eigenvalue weighted by atomic mass is 10.0. The molecule has 1 aromatic rings. The Labute approximate surface area is 130 Å². The van der Waals surface area contributed by atoms with Crippen LogP contribution >= 0.6 is 15.9 Å². The Hall–Kier alpha value is -0.420. The van der Waals surface area contributed by atoms with Crippen molar-refractivity contribution < 1.29 is 5.11 Å². The topological polar surface area (TPSA) is 35.5 Å². The van der Waals surface area contributed by atoms with E-state index in [1.165, 1.54) is 22.9 Å². The van der Waals surface area contributed by atoms with Crippen LogP contribution in [0.25, 0.3) is 0 Å². The molecule has 1 heterocycles. The average molecular weight is 341 g/mol. The van der Waals surface area contributed by atoms with Gasteiger partial charge in [-0.1, -0.05) is 41.1 Å². The molecule has 1 aliphatic heterocycles. The maximum absolute atomic E-state index is 9.04. The Morgan fingerprint density at radius 1 is 1.35 bits per heavy atom. The predicted octanol–water partition coefficient (Wildman–Crippen LogP) is 2.63. The number of hydrogen-bond acceptors (Lipinski definition) is 3. The van der Waals surface area contributed by atoms with Crippen molar-refractivity contribution >= 4 is 15.9 Å². The van der Waals surface area contributed by atoms with Crippen molar-refractivity contribution in [2.45, 2.75) is 32.4 Å². The maximum atomic E-state index is 9.04. The van der Waals surface area contributed by atoms with Crippen molar-refractivity contribution in [2.75, 3.05) is 26.2 Å². The first-order valence-corrected chi connectivity index (χ1v) is 8.28. The number of piperidine rings is 1. The lowest BCUT2D eigenvalue weighted by Gasteiger charge is -2.33. The standard InChI is InChI=1S/C16H25BrN2O/c1-13(12-20)10-18-15-6-8-19(9-7-15)11-14-4-2-3-5-16(14)17/h2-5,13,15,18,20H,6-12H2,1H3. The summed E-state index contributed by atoms with van der Waals surface area (Å²) >= 11 is 3.62. The van der Waals surface area contributed by atoms with E-state index in [0.717, 1.165) is 26.2 Å². The number of nitrogens with zero attached hydrogens (tertiary/aromatic N) is 1. The van der Waals surface area contributed by atoms with Gasteiger partial charge in [-0.3, -0.25) is 4.90 Å². The molecular formula is C16H25BrN2O. The second kappa shape index (κ2) is 8.13. The molecule has 1 aromatic carbocycles. The highest BCUT2D eigenvalue weighted by Gasteiger charge is 2.19. The molecule has 0 aromatic heterocycles. The Morgan fingerprint density at radius 3 is 2.70 bits per heavy atom. The van der Waals surface area contributed by atoms with Gasteiger partial charge in [-0.15, -0.1) is 0 Å². The highest BCUT2D eigenvalue weighted by molar-refractivity contribution is 9.10. The zero-order valence-corrected chi connectivity index (χ0v) is 13.8. The summed E-state index contributed by atoms with van der Waals surface area (Å²) in [4.78, 5) is 2.52. The van der Waals surface area contributed by atoms with E-state index in [0.29, 0.717) is 12.0 Å². The van der Waals surface area contributed by atoms with Gasteiger partial charge in [-0.05, 0) is 43.5 Å². The summed E-state index contributed by atoms with van der Waals surface area (Å²) in [5.74, 6) is 0.355. The zero-order chi connectivity index (χ0) is 14.4. The second-order valence-electron chi connectivity index (χ2n) is 5.84. The number of likely N-dealkylation sites (tertiary alicyclic amines) is 1. The highest BCUT2D eigenvalue weighted by Crippen LogP contribution is 2.20. The third-order valence-corrected chi connectivity index (χ3v) is 4.78. The van der Waals surface area contributed by atoms with E-state index in [4.69, 9.17) is 5.11 Å². The number of benzene rings is 1. The van der Waals surface area contributed by atoms with Gasteiger partial charge in [0.15, 0.2) is 0 Å². The monoisotopic (exact) mass is 340 g/mol. The van der Waals surface area contributed by atoms with Crippen LogP contribution in [0.15, 0.2) is 28.7 Å². The number of hydrogen-bond donors (Lipinski definition) is 2. The molecule has 1 unspecified atom stereocenters. The van der Waals surface area contributed by atoms with Gasteiger partial charge in [0.2, 0.25) is 0 Å². The molecule has 0 aliphatic carbocycles. The van der Waals surface area contributed by atoms with Crippen molar-refractivity contribution in [3.63, 3.8) is 0 Å². The summed E-state index contributed by atoms with van der Waals surface area (Å²) < 4.78 is 1.21. The number of nitrogens with one attached hydrogen (secondary N) is 1. The minimum atomic E-state index is 0.272. The van der Waals surface area contributed by atoms with E-state index in [9.17, 15) is 0 Å². The lowest BCUT2D eigenvalue weighted by Crippen LogP contribution is -2.43. The maximum Gasteiger partial charge on any atom is 0.0468 e. The van der Waals surface area contributed by atoms with Crippen LogP contribution in [0, 0.1) is 5.92 Å². The fraction of sp³-hybridized carbons (Fsp3) is 0.625. The molecule has 1 atom stereocenters. The minimum absolute atomic E-state index is 0.272. The van der Waals surface area contributed by atoms with Crippen molar-refractivity contribution in [2.24, 2.45) is 5.92 Å². The van der Waals surface area contributed by atoms with Crippen LogP contribution < -0.4 is 5.32 Å². The van der Waals surface area contributed by atoms with E-state index < -0.39 is 0 Å². The molecule has 0 spiro atoms. The van der Waals surface area contributed by atoms with Crippen LogP contribution in [0.5, 0.6) is 0 Å². The number of halogens is 1. The molecule has 1 fully saturated rings. The molecule has 4 heteroatoms. The van der Waals surface area contributed by atoms with Gasteiger partial charge in [0.1, 0.15) is 0 Å². The summed E-state index contributed by atoms with van der Waals surface area (Å²) in [6.07, 6.45) is 2.39. The fourth-order valence-electron chi connectivity index (χ4n) is 2.60. The van der Waals surface area contributed by atoms with Gasteiger partial charge in [-0.25, -0.2) is 0 Å². The van der Waals surface area contributed by atoms with E-state index in [2.05, 4.69) is 57.3 Å². The van der Waals surface area contributed by atoms with E-state index >= 15 is 0 Å². The molecule has 0 amide bonds. The van der Waals surface area contributed by atoms with Gasteiger partial charge in [0.05, 0.1) is 0 Å². The molecule has 2 N–H and O–H groups in total. The Kier molecular flexibility index (Phi) is 6.49. The summed E-state index contributed by atoms with van der Waals surface area (Å²) in [5, 5.41) is 12.6. The second-order valence-corrected chi connectivity index (χ2v) is 6.69. The lowest BCUT2D eigenvalue weighted by molar-refractivity contribution is 0.179. The van der Waals surface area contributed by atoms with Crippen molar-refractivity contribution in [3.05, 3.63) is 34.3 Å². The quantitative estimate of drug-likeness (QED) is 0.835. The number of aliphatic hydroxyl groups is 1. The SMILES string of the molecule is CC(CO)CNC1CCN(Cc2ccccc2Br)CC1. The van der Waals surface area contributed by atoms with Crippen LogP contribution in [0.4, 0.5) is 0 Å². The van der Waals surface area contributed by atoms with Crippen molar-refractivity contribution in [3.8, 4) is 0 Å². The fourth-order valence-corrected chi connectivity index (χ4v) is 3.01. The van der Waals surface area contributed by atoms with E-state index in [1.807, 2.05) is 0 Å². The van der Waals surface area contributed by atoms with Gasteiger partial charge >= 0.3 is 0 Å². The molecule has 0 radical (unpaired) electrons. The molecule has 0 bridgehead atoms. The molecule has 1 aliphatic rings. The van der Waals surface area contributed by atoms with Gasteiger partial charge in [0, 0.05) is 30.2 Å². The third kappa shape index (κ3) is 4.85. The molecule has 20 heavy (non-hydrogen) atoms. The van der Waals surface area contributed by atoms with Crippen LogP contribution in [-0.4, -0.2) is 42.3 Å². The third-order valence-electron chi connectivity index (χ3n) is 4.01. The van der Waals surface area contributed by atoms with Crippen LogP contribution in [0.2, 0.25) is 0 Å². The molecule has 0 saturated carbocycles. The predicted molar refractivity (Wildman–Crippen MR) is 86.7 cm³/mol. The zero-order valence-electron chi connectivity index (χ0n) is 12.2. The first-order valence-electron chi connectivity index (χ1n) is 7.49. The van der Waals surface area contributed by atoms with Crippen LogP contribution in [-0.2, 0) is 6.54 Å². The van der Waals surface area contributed by atoms with Crippen LogP contribution in [0.1, 0.15) is 25.3 Å². The minimum Gasteiger partial charge on any atom is -0.396 e. The van der Waals surface area contributed by atoms with Crippen molar-refractivity contribution in [1.82, 2.24) is 10.2 Å². The number of aliphatic hydroxyl groups excluding tert-OH is 1. The first kappa shape index (κ1) is 16.0. The number of rotatable bonds is 6. The first-order chi connectivity index (χ1) is 9.69. The molecule has 3 nitrogen and oxygen atoms in total. The van der Waals surface area contributed by atoms with E-state index in [1.54, 1.807) is 0 Å². The van der Waals surface area contributed by atoms with Gasteiger partial charge < -0.3 is 10.4 Å². The molecule has 2 rings (SSSR count). The van der Waals surface area contributed by atoms with Gasteiger partial charge in [-0.2, -0.15) is 0 Å². The largest absolute Gasteiger partial charge is 0.396 e. The van der Waals surface area contributed by atoms with E-state index in [-0.39, 0.29) is 6.61 Å².